The molecule has 0 aromatic rings. The quantitative estimate of drug-likeness (QED) is 0.129. The van der Waals surface area contributed by atoms with Crippen LogP contribution >= 0.6 is 0 Å². The number of carboxylic acids is 5. The summed E-state index contributed by atoms with van der Waals surface area (Å²) in [7, 11) is 0. The van der Waals surface area contributed by atoms with Crippen LogP contribution in [0.1, 0.15) is 34.6 Å². The molecule has 0 unspecified atom stereocenters. The van der Waals surface area contributed by atoms with Gasteiger partial charge in [-0.15, -0.1) is 0 Å². The van der Waals surface area contributed by atoms with Crippen LogP contribution in [-0.4, -0.2) is 55.4 Å². The molecule has 0 aromatic heterocycles. The van der Waals surface area contributed by atoms with Crippen LogP contribution in [0.3, 0.4) is 0 Å². The van der Waals surface area contributed by atoms with E-state index >= 15 is 0 Å². The Hall–Kier alpha value is 1.11. The normalized spacial score (nSPS) is 5.70. The van der Waals surface area contributed by atoms with Gasteiger partial charge < -0.3 is 25.5 Å². The Bertz CT molecular complexity index is 466. The Labute approximate surface area is 329 Å². The van der Waals surface area contributed by atoms with Gasteiger partial charge in [-0.1, -0.05) is 0 Å². The van der Waals surface area contributed by atoms with E-state index in [-0.39, 0.29) is 155 Å². The van der Waals surface area contributed by atoms with Crippen molar-refractivity contribution in [2.24, 2.45) is 0 Å². The van der Waals surface area contributed by atoms with Crippen LogP contribution in [0.5, 0.6) is 0 Å². The third-order valence-electron chi connectivity index (χ3n) is 0.312. The van der Waals surface area contributed by atoms with Crippen LogP contribution in [0.15, 0.2) is 0 Å². The average molecular weight is 1500 g/mol. The average Bonchev–Trinajstić information content (AvgIpc) is 3.17. The third-order valence-corrected chi connectivity index (χ3v) is 0.312. The van der Waals surface area contributed by atoms with E-state index in [1.165, 1.54) is 0 Å². The van der Waals surface area contributed by atoms with Gasteiger partial charge in [-0.3, -0.25) is 24.0 Å². The van der Waals surface area contributed by atoms with Gasteiger partial charge in [0.15, 0.2) is 0 Å². The van der Waals surface area contributed by atoms with Crippen molar-refractivity contribution in [1.82, 2.24) is 0 Å². The molecule has 0 saturated heterocycles. The Morgan fingerprint density at radius 1 is 0.486 bits per heavy atom. The molecule has 37 heavy (non-hydrogen) atoms. The van der Waals surface area contributed by atoms with Gasteiger partial charge in [-0.2, -0.15) is 18.6 Å². The van der Waals surface area contributed by atoms with Crippen LogP contribution in [0.2, 0.25) is 0 Å². The second-order valence-corrected chi connectivity index (χ2v) is 3.22. The Morgan fingerprint density at radius 3 is 0.595 bits per heavy atom. The van der Waals surface area contributed by atoms with Crippen molar-refractivity contribution in [3.63, 3.8) is 0 Å². The molecule has 1 aliphatic rings. The van der Waals surface area contributed by atoms with Gasteiger partial charge in [0.1, 0.15) is 0 Å². The van der Waals surface area contributed by atoms with Crippen molar-refractivity contribution in [2.75, 3.05) is 0 Å². The number of carboxylic acid groups (broad SMARTS) is 5. The summed E-state index contributed by atoms with van der Waals surface area (Å²) in [6.45, 7) is 18.9. The molecule has 0 aromatic carbocycles. The molecular formula is C18H20Hg5MnO13+4. The van der Waals surface area contributed by atoms with Crippen molar-refractivity contribution >= 4 is 29.8 Å². The van der Waals surface area contributed by atoms with Gasteiger partial charge in [0.05, 0.1) is 0 Å². The summed E-state index contributed by atoms with van der Waals surface area (Å²) in [6.07, 6.45) is 12.5. The molecule has 0 amide bonds. The summed E-state index contributed by atoms with van der Waals surface area (Å²) < 4.78 is 22.5. The molecule has 0 saturated carbocycles. The SMILES string of the molecule is CC(=O)O.CC(=O)O.CC(=O)O.CC(=O)O.CC(=O)O.[C-]#[O+].[C-]#[O+].[C-]#[O+].[C]1=[C][C-][C]=[C]1.[Hg+].[Hg+].[Hg+].[Hg+].[Hg+].[Mn]. The fourth-order valence-corrected chi connectivity index (χ4v) is 0.156. The molecule has 0 aliphatic heterocycles. The van der Waals surface area contributed by atoms with Gasteiger partial charge in [-0.05, 0) is 0 Å². The Balaban J connectivity index is -0.0000000133. The molecular weight excluding hydrogens is 1480 g/mol. The standard InChI is InChI=1S/C5.5C2H4O2.3CO.5Hg.Mn/c1-2-4-5-3-1;5*1-2(3)4;3*1-2;;;;;;/h;5*1H3,(H,3,4);;;;;;;;;/q-1;;;;;;;;;5*+1;. The van der Waals surface area contributed by atoms with E-state index in [1.807, 2.05) is 0 Å². The van der Waals surface area contributed by atoms with E-state index in [1.54, 1.807) is 0 Å². The molecule has 0 atom stereocenters. The molecule has 13 nitrogen and oxygen atoms in total. The maximum Gasteiger partial charge on any atom is 1.00 e. The smallest absolute Gasteiger partial charge is 0.238 e. The van der Waals surface area contributed by atoms with Crippen LogP contribution in [-0.2, 0) is 193 Å². The maximum absolute atomic E-state index is 9.00. The van der Waals surface area contributed by atoms with E-state index in [2.05, 4.69) is 50.7 Å². The van der Waals surface area contributed by atoms with Crippen LogP contribution < -0.4 is 0 Å². The fraction of sp³-hybridized carbons (Fsp3) is 0.278. The molecule has 0 spiro atoms. The zero-order chi connectivity index (χ0) is 27.4. The number of carbonyl (C=O) groups is 5. The zero-order valence-corrected chi connectivity index (χ0v) is 49.6. The number of allylic oxidation sites excluding steroid dienone is 4. The number of hydrogen-bond donors (Lipinski definition) is 5. The summed E-state index contributed by atoms with van der Waals surface area (Å²) in [5.74, 6) is -4.17. The topological polar surface area (TPSA) is 246 Å². The Morgan fingerprint density at radius 2 is 0.568 bits per heavy atom. The van der Waals surface area contributed by atoms with E-state index in [0.29, 0.717) is 0 Å². The van der Waals surface area contributed by atoms with Gasteiger partial charge in [0.25, 0.3) is 29.8 Å². The molecule has 1 rings (SSSR count). The van der Waals surface area contributed by atoms with Crippen molar-refractivity contribution < 1.29 is 219 Å². The summed E-state index contributed by atoms with van der Waals surface area (Å²) >= 11 is 0. The largest absolute Gasteiger partial charge is 1.00 e. The first kappa shape index (κ1) is 90.3. The van der Waals surface area contributed by atoms with Crippen molar-refractivity contribution in [2.45, 2.75) is 34.6 Å². The number of rotatable bonds is 0. The second kappa shape index (κ2) is 109. The van der Waals surface area contributed by atoms with Gasteiger partial charge >= 0.3 is 172 Å². The summed E-state index contributed by atoms with van der Waals surface area (Å²) in [6, 6.07) is 0. The molecule has 0 heterocycles. The predicted molar refractivity (Wildman–Crippen MR) is 94.6 cm³/mol. The monoisotopic (exact) mass is 1510 g/mol. The second-order valence-electron chi connectivity index (χ2n) is 3.22. The fourth-order valence-electron chi connectivity index (χ4n) is 0.156. The molecule has 0 bridgehead atoms. The van der Waals surface area contributed by atoms with Gasteiger partial charge in [0, 0.05) is 51.7 Å². The zero-order valence-electron chi connectivity index (χ0n) is 20.9. The molecule has 1 aliphatic carbocycles. The van der Waals surface area contributed by atoms with E-state index in [0.717, 1.165) is 34.6 Å². The molecule has 5 N–H and O–H groups in total. The molecule has 11 radical (unpaired) electrons. The van der Waals surface area contributed by atoms with E-state index in [9.17, 15) is 0 Å². The van der Waals surface area contributed by atoms with Crippen LogP contribution in [0.4, 0.5) is 0 Å². The van der Waals surface area contributed by atoms with E-state index in [4.69, 9.17) is 63.5 Å². The molecule has 0 fully saturated rings. The van der Waals surface area contributed by atoms with Crippen LogP contribution in [0, 0.1) is 50.7 Å². The van der Waals surface area contributed by atoms with E-state index < -0.39 is 29.8 Å². The first-order valence-electron chi connectivity index (χ1n) is 6.50. The predicted octanol–water partition coefficient (Wildman–Crippen LogP) is 0.733. The number of hydrogen-bond acceptors (Lipinski definition) is 5. The summed E-state index contributed by atoms with van der Waals surface area (Å²) in [4.78, 5) is 45.0. The van der Waals surface area contributed by atoms with Crippen molar-refractivity contribution in [3.8, 4) is 0 Å². The van der Waals surface area contributed by atoms with Crippen LogP contribution in [0.25, 0.3) is 0 Å². The first-order valence-corrected chi connectivity index (χ1v) is 6.50. The molecule has 183 valence electrons. The van der Waals surface area contributed by atoms with Crippen molar-refractivity contribution in [3.05, 3.63) is 50.7 Å². The first-order chi connectivity index (χ1) is 14.2. The van der Waals surface area contributed by atoms with Gasteiger partial charge in [0.2, 0.25) is 0 Å². The Kier molecular flexibility index (Phi) is 265. The number of aliphatic carboxylic acids is 5. The van der Waals surface area contributed by atoms with Gasteiger partial charge in [-0.25, -0.2) is 12.2 Å². The molecule has 19 heteroatoms. The third kappa shape index (κ3) is 1220. The summed E-state index contributed by atoms with van der Waals surface area (Å²) in [5, 5.41) is 37.1. The minimum atomic E-state index is -0.833. The minimum Gasteiger partial charge on any atom is -0.238 e. The van der Waals surface area contributed by atoms with Crippen molar-refractivity contribution in [1.29, 1.82) is 0 Å². The minimum absolute atomic E-state index is 0. The summed E-state index contributed by atoms with van der Waals surface area (Å²) in [5.41, 5.74) is 0. The maximum atomic E-state index is 9.00.